The van der Waals surface area contributed by atoms with E-state index < -0.39 is 18.4 Å². The quantitative estimate of drug-likeness (QED) is 0.429. The molecule has 7 heteroatoms. The summed E-state index contributed by atoms with van der Waals surface area (Å²) in [5, 5.41) is 0. The lowest BCUT2D eigenvalue weighted by atomic mass is 9.91. The van der Waals surface area contributed by atoms with Crippen LogP contribution in [0.1, 0.15) is 21.5 Å². The van der Waals surface area contributed by atoms with Crippen LogP contribution in [0.4, 0.5) is 14.5 Å². The number of rotatable bonds is 5. The minimum absolute atomic E-state index is 0.0124. The van der Waals surface area contributed by atoms with Gasteiger partial charge in [0.1, 0.15) is 11.5 Å². The molecule has 0 N–H and O–H groups in total. The monoisotopic (exact) mass is 421 g/mol. The van der Waals surface area contributed by atoms with Gasteiger partial charge in [0, 0.05) is 11.1 Å². The Kier molecular flexibility index (Phi) is 5.49. The lowest BCUT2D eigenvalue weighted by molar-refractivity contribution is -0.112. The van der Waals surface area contributed by atoms with E-state index >= 15 is 0 Å². The molecule has 0 saturated carbocycles. The number of anilines is 1. The summed E-state index contributed by atoms with van der Waals surface area (Å²) < 4.78 is 34.5. The van der Waals surface area contributed by atoms with Gasteiger partial charge in [-0.3, -0.25) is 9.59 Å². The van der Waals surface area contributed by atoms with Crippen LogP contribution in [0.3, 0.4) is 0 Å². The van der Waals surface area contributed by atoms with E-state index in [-0.39, 0.29) is 5.75 Å². The normalized spacial score (nSPS) is 14.7. The second kappa shape index (κ2) is 8.39. The number of halogens is 2. The van der Waals surface area contributed by atoms with Crippen molar-refractivity contribution in [3.63, 3.8) is 0 Å². The van der Waals surface area contributed by atoms with Crippen LogP contribution in [-0.2, 0) is 4.79 Å². The van der Waals surface area contributed by atoms with Gasteiger partial charge in [0.05, 0.1) is 12.8 Å². The Morgan fingerprint density at radius 1 is 0.839 bits per heavy atom. The van der Waals surface area contributed by atoms with Crippen LogP contribution in [0.2, 0.25) is 0 Å². The molecular formula is C24H17F2NO4. The third kappa shape index (κ3) is 3.90. The summed E-state index contributed by atoms with van der Waals surface area (Å²) >= 11 is 0. The maximum absolute atomic E-state index is 13.4. The standard InChI is InChI=1S/C24H17F2NO4/c1-30-21-9-5-4-8-20(21)27-22(28)18-7-3-2-6-17(18)19(23(27)29)14-15-10-12-16(13-11-15)31-24(25)26/h2-14,24H,1H3/b19-14-. The number of benzene rings is 3. The first-order valence-electron chi connectivity index (χ1n) is 9.37. The van der Waals surface area contributed by atoms with Crippen molar-refractivity contribution >= 4 is 29.2 Å². The summed E-state index contributed by atoms with van der Waals surface area (Å²) in [4.78, 5) is 27.7. The van der Waals surface area contributed by atoms with E-state index in [0.29, 0.717) is 33.7 Å². The number of amides is 2. The molecule has 156 valence electrons. The number of hydrogen-bond acceptors (Lipinski definition) is 4. The molecule has 0 bridgehead atoms. The molecular weight excluding hydrogens is 404 g/mol. The van der Waals surface area contributed by atoms with Crippen LogP contribution < -0.4 is 14.4 Å². The fraction of sp³-hybridized carbons (Fsp3) is 0.0833. The number of hydrogen-bond donors (Lipinski definition) is 0. The Bertz CT molecular complexity index is 1170. The average Bonchev–Trinajstić information content (AvgIpc) is 2.78. The van der Waals surface area contributed by atoms with Crippen molar-refractivity contribution in [1.82, 2.24) is 0 Å². The predicted octanol–water partition coefficient (Wildman–Crippen LogP) is 5.02. The van der Waals surface area contributed by atoms with E-state index in [1.807, 2.05) is 0 Å². The van der Waals surface area contributed by atoms with Crippen molar-refractivity contribution < 1.29 is 27.8 Å². The van der Waals surface area contributed by atoms with E-state index in [1.165, 1.54) is 19.2 Å². The molecule has 0 saturated heterocycles. The van der Waals surface area contributed by atoms with Crippen LogP contribution in [0.5, 0.6) is 11.5 Å². The largest absolute Gasteiger partial charge is 0.495 e. The van der Waals surface area contributed by atoms with E-state index in [4.69, 9.17) is 4.74 Å². The molecule has 0 unspecified atom stereocenters. The molecule has 0 radical (unpaired) electrons. The number of alkyl halides is 2. The summed E-state index contributed by atoms with van der Waals surface area (Å²) in [6.07, 6.45) is 1.61. The van der Waals surface area contributed by atoms with Crippen molar-refractivity contribution in [2.45, 2.75) is 6.61 Å². The first-order valence-corrected chi connectivity index (χ1v) is 9.37. The highest BCUT2D eigenvalue weighted by molar-refractivity contribution is 6.43. The number of ether oxygens (including phenoxy) is 2. The first kappa shape index (κ1) is 20.3. The lowest BCUT2D eigenvalue weighted by Gasteiger charge is -2.29. The number of nitrogens with zero attached hydrogens (tertiary/aromatic N) is 1. The molecule has 0 fully saturated rings. The van der Waals surface area contributed by atoms with Crippen molar-refractivity contribution in [3.05, 3.63) is 89.5 Å². The molecule has 3 aromatic carbocycles. The molecule has 5 nitrogen and oxygen atoms in total. The van der Waals surface area contributed by atoms with E-state index in [2.05, 4.69) is 4.74 Å². The average molecular weight is 421 g/mol. The zero-order valence-corrected chi connectivity index (χ0v) is 16.4. The zero-order valence-electron chi connectivity index (χ0n) is 16.4. The zero-order chi connectivity index (χ0) is 22.0. The maximum Gasteiger partial charge on any atom is 0.387 e. The summed E-state index contributed by atoms with van der Waals surface area (Å²) in [7, 11) is 1.46. The van der Waals surface area contributed by atoms with Gasteiger partial charge in [-0.05, 0) is 47.5 Å². The van der Waals surface area contributed by atoms with Gasteiger partial charge in [0.25, 0.3) is 11.8 Å². The Hall–Kier alpha value is -4.00. The third-order valence-corrected chi connectivity index (χ3v) is 4.83. The van der Waals surface area contributed by atoms with Gasteiger partial charge in [0.2, 0.25) is 0 Å². The Morgan fingerprint density at radius 2 is 1.48 bits per heavy atom. The molecule has 1 heterocycles. The minimum Gasteiger partial charge on any atom is -0.495 e. The third-order valence-electron chi connectivity index (χ3n) is 4.83. The minimum atomic E-state index is -2.92. The molecule has 2 amide bonds. The maximum atomic E-state index is 13.4. The number of imide groups is 1. The van der Waals surface area contributed by atoms with Gasteiger partial charge >= 0.3 is 6.61 Å². The van der Waals surface area contributed by atoms with Gasteiger partial charge < -0.3 is 9.47 Å². The number of carbonyl (C=O) groups is 2. The molecule has 0 aromatic heterocycles. The summed E-state index contributed by atoms with van der Waals surface area (Å²) in [5.41, 5.74) is 2.09. The SMILES string of the molecule is COc1ccccc1N1C(=O)/C(=C\c2ccc(OC(F)F)cc2)c2ccccc2C1=O. The van der Waals surface area contributed by atoms with Crippen LogP contribution >= 0.6 is 0 Å². The summed E-state index contributed by atoms with van der Waals surface area (Å²) in [5.74, 6) is -0.571. The van der Waals surface area contributed by atoms with E-state index in [1.54, 1.807) is 66.7 Å². The molecule has 3 aromatic rings. The summed E-state index contributed by atoms with van der Waals surface area (Å²) in [6.45, 7) is -2.92. The second-order valence-electron chi connectivity index (χ2n) is 6.67. The number of methoxy groups -OCH3 is 1. The molecule has 1 aliphatic heterocycles. The van der Waals surface area contributed by atoms with Crippen LogP contribution in [-0.4, -0.2) is 25.5 Å². The molecule has 4 rings (SSSR count). The van der Waals surface area contributed by atoms with Gasteiger partial charge in [0.15, 0.2) is 0 Å². The summed E-state index contributed by atoms with van der Waals surface area (Å²) in [6, 6.07) is 19.5. The fourth-order valence-corrected chi connectivity index (χ4v) is 3.44. The number of fused-ring (bicyclic) bond motifs is 1. The first-order chi connectivity index (χ1) is 15.0. The smallest absolute Gasteiger partial charge is 0.387 e. The Balaban J connectivity index is 1.82. The highest BCUT2D eigenvalue weighted by atomic mass is 19.3. The molecule has 31 heavy (non-hydrogen) atoms. The lowest BCUT2D eigenvalue weighted by Crippen LogP contribution is -2.42. The molecule has 0 atom stereocenters. The molecule has 0 aliphatic carbocycles. The fourth-order valence-electron chi connectivity index (χ4n) is 3.44. The van der Waals surface area contributed by atoms with Crippen LogP contribution in [0.25, 0.3) is 11.6 Å². The second-order valence-corrected chi connectivity index (χ2v) is 6.67. The highest BCUT2D eigenvalue weighted by Crippen LogP contribution is 2.37. The number of para-hydroxylation sites is 2. The van der Waals surface area contributed by atoms with Gasteiger partial charge in [-0.15, -0.1) is 0 Å². The molecule has 1 aliphatic rings. The van der Waals surface area contributed by atoms with Crippen LogP contribution in [0, 0.1) is 0 Å². The van der Waals surface area contributed by atoms with Crippen molar-refractivity contribution in [1.29, 1.82) is 0 Å². The van der Waals surface area contributed by atoms with Gasteiger partial charge in [-0.1, -0.05) is 42.5 Å². The van der Waals surface area contributed by atoms with Gasteiger partial charge in [-0.2, -0.15) is 8.78 Å². The van der Waals surface area contributed by atoms with Gasteiger partial charge in [-0.25, -0.2) is 4.90 Å². The van der Waals surface area contributed by atoms with E-state index in [0.717, 1.165) is 4.90 Å². The Labute approximate surface area is 177 Å². The topological polar surface area (TPSA) is 55.8 Å². The predicted molar refractivity (Wildman–Crippen MR) is 112 cm³/mol. The van der Waals surface area contributed by atoms with Crippen molar-refractivity contribution in [2.75, 3.05) is 12.0 Å². The molecule has 0 spiro atoms. The Morgan fingerprint density at radius 3 is 2.16 bits per heavy atom. The van der Waals surface area contributed by atoms with E-state index in [9.17, 15) is 18.4 Å². The number of carbonyl (C=O) groups excluding carboxylic acids is 2. The van der Waals surface area contributed by atoms with Crippen molar-refractivity contribution in [2.24, 2.45) is 0 Å². The van der Waals surface area contributed by atoms with Crippen molar-refractivity contribution in [3.8, 4) is 11.5 Å². The highest BCUT2D eigenvalue weighted by Gasteiger charge is 2.37. The van der Waals surface area contributed by atoms with Crippen LogP contribution in [0.15, 0.2) is 72.8 Å².